The Hall–Kier alpha value is -2.24. The largest absolute Gasteiger partial charge is 0.508 e. The van der Waals surface area contributed by atoms with Crippen LogP contribution in [0, 0.1) is 0 Å². The number of nitrogens with zero attached hydrogens (tertiary/aromatic N) is 2. The predicted octanol–water partition coefficient (Wildman–Crippen LogP) is 0.648. The predicted molar refractivity (Wildman–Crippen MR) is 70.0 cm³/mol. The van der Waals surface area contributed by atoms with Crippen molar-refractivity contribution >= 4 is 11.8 Å². The summed E-state index contributed by atoms with van der Waals surface area (Å²) in [6.07, 6.45) is 0. The Morgan fingerprint density at radius 3 is 2.05 bits per heavy atom. The number of hydrogen-bond donors (Lipinski definition) is 2. The van der Waals surface area contributed by atoms with Gasteiger partial charge in [-0.3, -0.25) is 9.59 Å². The van der Waals surface area contributed by atoms with Crippen LogP contribution in [-0.2, 0) is 4.79 Å². The van der Waals surface area contributed by atoms with Gasteiger partial charge in [0, 0.05) is 32.3 Å². The SMILES string of the molecule is CCN(CC(=O)N(C)C)C(=O)c1cc(O)cc(O)c1. The van der Waals surface area contributed by atoms with Crippen molar-refractivity contribution in [3.05, 3.63) is 23.8 Å². The number of hydrogen-bond acceptors (Lipinski definition) is 4. The summed E-state index contributed by atoms with van der Waals surface area (Å²) in [4.78, 5) is 26.5. The fraction of sp³-hybridized carbons (Fsp3) is 0.385. The van der Waals surface area contributed by atoms with Crippen LogP contribution in [0.25, 0.3) is 0 Å². The lowest BCUT2D eigenvalue weighted by Crippen LogP contribution is -2.40. The highest BCUT2D eigenvalue weighted by atomic mass is 16.3. The van der Waals surface area contributed by atoms with Crippen molar-refractivity contribution in [2.24, 2.45) is 0 Å². The smallest absolute Gasteiger partial charge is 0.254 e. The Morgan fingerprint density at radius 1 is 1.11 bits per heavy atom. The number of phenols is 2. The lowest BCUT2D eigenvalue weighted by molar-refractivity contribution is -0.129. The van der Waals surface area contributed by atoms with E-state index < -0.39 is 5.91 Å². The standard InChI is InChI=1S/C13H18N2O4/c1-4-15(8-12(18)14(2)3)13(19)9-5-10(16)7-11(17)6-9/h5-7,16-17H,4,8H2,1-3H3. The van der Waals surface area contributed by atoms with Gasteiger partial charge in [0.25, 0.3) is 5.91 Å². The number of rotatable bonds is 4. The molecule has 1 rings (SSSR count). The molecule has 0 aliphatic heterocycles. The van der Waals surface area contributed by atoms with Crippen LogP contribution in [-0.4, -0.2) is 59.0 Å². The second-order valence-corrected chi connectivity index (χ2v) is 4.35. The van der Waals surface area contributed by atoms with Crippen molar-refractivity contribution in [1.82, 2.24) is 9.80 Å². The van der Waals surface area contributed by atoms with Gasteiger partial charge in [-0.25, -0.2) is 0 Å². The molecule has 0 atom stereocenters. The molecular formula is C13H18N2O4. The summed E-state index contributed by atoms with van der Waals surface area (Å²) < 4.78 is 0. The second kappa shape index (κ2) is 6.08. The molecule has 0 bridgehead atoms. The van der Waals surface area contributed by atoms with E-state index in [-0.39, 0.29) is 29.5 Å². The number of aromatic hydroxyl groups is 2. The van der Waals surface area contributed by atoms with Gasteiger partial charge in [0.05, 0.1) is 6.54 Å². The molecule has 19 heavy (non-hydrogen) atoms. The zero-order valence-electron chi connectivity index (χ0n) is 11.3. The molecule has 0 aliphatic rings. The molecule has 0 saturated carbocycles. The number of carbonyl (C=O) groups is 2. The molecule has 0 fully saturated rings. The van der Waals surface area contributed by atoms with Gasteiger partial charge >= 0.3 is 0 Å². The van der Waals surface area contributed by atoms with Crippen molar-refractivity contribution in [3.63, 3.8) is 0 Å². The zero-order valence-corrected chi connectivity index (χ0v) is 11.3. The normalized spacial score (nSPS) is 10.1. The summed E-state index contributed by atoms with van der Waals surface area (Å²) in [5.74, 6) is -1.000. The van der Waals surface area contributed by atoms with E-state index in [2.05, 4.69) is 0 Å². The van der Waals surface area contributed by atoms with E-state index in [1.54, 1.807) is 21.0 Å². The molecule has 6 nitrogen and oxygen atoms in total. The Labute approximate surface area is 111 Å². The van der Waals surface area contributed by atoms with Gasteiger partial charge in [0.2, 0.25) is 5.91 Å². The molecule has 0 radical (unpaired) electrons. The topological polar surface area (TPSA) is 81.1 Å². The Balaban J connectivity index is 2.92. The van der Waals surface area contributed by atoms with Crippen LogP contribution < -0.4 is 0 Å². The van der Waals surface area contributed by atoms with E-state index in [1.165, 1.54) is 21.9 Å². The fourth-order valence-corrected chi connectivity index (χ4v) is 1.53. The maximum atomic E-state index is 12.2. The van der Waals surface area contributed by atoms with Gasteiger partial charge in [0.15, 0.2) is 0 Å². The maximum absolute atomic E-state index is 12.2. The van der Waals surface area contributed by atoms with Crippen molar-refractivity contribution in [2.75, 3.05) is 27.2 Å². The van der Waals surface area contributed by atoms with Gasteiger partial charge in [0.1, 0.15) is 11.5 Å². The van der Waals surface area contributed by atoms with Crippen LogP contribution in [0.2, 0.25) is 0 Å². The van der Waals surface area contributed by atoms with Crippen LogP contribution in [0.15, 0.2) is 18.2 Å². The summed E-state index contributed by atoms with van der Waals surface area (Å²) in [7, 11) is 3.22. The fourth-order valence-electron chi connectivity index (χ4n) is 1.53. The first kappa shape index (κ1) is 14.8. The summed E-state index contributed by atoms with van der Waals surface area (Å²) >= 11 is 0. The average molecular weight is 266 g/mol. The minimum atomic E-state index is -0.413. The lowest BCUT2D eigenvalue weighted by Gasteiger charge is -2.22. The molecule has 0 unspecified atom stereocenters. The van der Waals surface area contributed by atoms with Crippen LogP contribution in [0.4, 0.5) is 0 Å². The third-order valence-corrected chi connectivity index (χ3v) is 2.64. The van der Waals surface area contributed by atoms with Gasteiger partial charge in [-0.05, 0) is 19.1 Å². The molecule has 0 saturated heterocycles. The summed E-state index contributed by atoms with van der Waals surface area (Å²) in [5, 5.41) is 18.7. The van der Waals surface area contributed by atoms with Crippen molar-refractivity contribution in [2.45, 2.75) is 6.92 Å². The number of benzene rings is 1. The molecule has 2 amide bonds. The molecule has 2 N–H and O–H groups in total. The Morgan fingerprint density at radius 2 is 1.63 bits per heavy atom. The molecule has 0 aliphatic carbocycles. The monoisotopic (exact) mass is 266 g/mol. The lowest BCUT2D eigenvalue weighted by atomic mass is 10.1. The quantitative estimate of drug-likeness (QED) is 0.838. The van der Waals surface area contributed by atoms with E-state index in [0.717, 1.165) is 6.07 Å². The Kier molecular flexibility index (Phi) is 4.74. The van der Waals surface area contributed by atoms with Crippen LogP contribution in [0.1, 0.15) is 17.3 Å². The third kappa shape index (κ3) is 3.87. The molecule has 1 aromatic rings. The van der Waals surface area contributed by atoms with Gasteiger partial charge in [-0.2, -0.15) is 0 Å². The highest BCUT2D eigenvalue weighted by Crippen LogP contribution is 2.21. The molecule has 1 aromatic carbocycles. The van der Waals surface area contributed by atoms with Crippen LogP contribution in [0.3, 0.4) is 0 Å². The third-order valence-electron chi connectivity index (χ3n) is 2.64. The average Bonchev–Trinajstić information content (AvgIpc) is 2.33. The van der Waals surface area contributed by atoms with Crippen molar-refractivity contribution in [3.8, 4) is 11.5 Å². The van der Waals surface area contributed by atoms with E-state index in [0.29, 0.717) is 6.54 Å². The van der Waals surface area contributed by atoms with Crippen LogP contribution >= 0.6 is 0 Å². The number of likely N-dealkylation sites (N-methyl/N-ethyl adjacent to an activating group) is 2. The first-order valence-electron chi connectivity index (χ1n) is 5.87. The Bertz CT molecular complexity index is 465. The first-order chi connectivity index (χ1) is 8.85. The summed E-state index contributed by atoms with van der Waals surface area (Å²) in [5.41, 5.74) is 0.144. The molecule has 104 valence electrons. The second-order valence-electron chi connectivity index (χ2n) is 4.35. The van der Waals surface area contributed by atoms with Gasteiger partial charge < -0.3 is 20.0 Å². The number of phenolic OH excluding ortho intramolecular Hbond substituents is 2. The highest BCUT2D eigenvalue weighted by Gasteiger charge is 2.19. The minimum absolute atomic E-state index is 0.0429. The van der Waals surface area contributed by atoms with Gasteiger partial charge in [-0.1, -0.05) is 0 Å². The summed E-state index contributed by atoms with van der Waals surface area (Å²) in [6.45, 7) is 2.07. The summed E-state index contributed by atoms with van der Waals surface area (Å²) in [6, 6.07) is 3.65. The van der Waals surface area contributed by atoms with Crippen molar-refractivity contribution < 1.29 is 19.8 Å². The van der Waals surface area contributed by atoms with E-state index in [4.69, 9.17) is 0 Å². The van der Waals surface area contributed by atoms with E-state index >= 15 is 0 Å². The number of carbonyl (C=O) groups excluding carboxylic acids is 2. The van der Waals surface area contributed by atoms with Gasteiger partial charge in [-0.15, -0.1) is 0 Å². The zero-order chi connectivity index (χ0) is 14.6. The molecule has 0 spiro atoms. The molecule has 0 aromatic heterocycles. The number of amides is 2. The highest BCUT2D eigenvalue weighted by molar-refractivity contribution is 5.97. The van der Waals surface area contributed by atoms with E-state index in [9.17, 15) is 19.8 Å². The van der Waals surface area contributed by atoms with E-state index in [1.807, 2.05) is 0 Å². The minimum Gasteiger partial charge on any atom is -0.508 e. The molecule has 0 heterocycles. The first-order valence-corrected chi connectivity index (χ1v) is 5.87. The maximum Gasteiger partial charge on any atom is 0.254 e. The van der Waals surface area contributed by atoms with Crippen molar-refractivity contribution in [1.29, 1.82) is 0 Å². The molecule has 6 heteroatoms. The van der Waals surface area contributed by atoms with Crippen LogP contribution in [0.5, 0.6) is 11.5 Å². The molecular weight excluding hydrogens is 248 g/mol.